The molecule has 0 rings (SSSR count). The van der Waals surface area contributed by atoms with Gasteiger partial charge in [-0.15, -0.1) is 0 Å². The van der Waals surface area contributed by atoms with E-state index in [1.807, 2.05) is 0 Å². The Balaban J connectivity index is -0.000000180. The average Bonchev–Trinajstić information content (AvgIpc) is 1.72. The van der Waals surface area contributed by atoms with Crippen LogP contribution in [-0.4, -0.2) is 0 Å². The van der Waals surface area contributed by atoms with E-state index in [4.69, 9.17) is 0 Å². The first-order chi connectivity index (χ1) is 3.35. The molecule has 0 N–H and O–H groups in total. The molecule has 0 saturated heterocycles. The van der Waals surface area contributed by atoms with Crippen LogP contribution in [0.2, 0.25) is 0 Å². The lowest BCUT2D eigenvalue weighted by atomic mass is 10.0. The Labute approximate surface area is 61.7 Å². The summed E-state index contributed by atoms with van der Waals surface area (Å²) in [6, 6.07) is 0. The van der Waals surface area contributed by atoms with Gasteiger partial charge in [-0.3, -0.25) is 0 Å². The fourth-order valence-corrected chi connectivity index (χ4v) is 0.866. The van der Waals surface area contributed by atoms with Gasteiger partial charge >= 0.3 is 0 Å². The molecule has 0 atom stereocenters. The van der Waals surface area contributed by atoms with Gasteiger partial charge in [-0.25, -0.2) is 0 Å². The zero-order chi connectivity index (χ0) is 5.70. The van der Waals surface area contributed by atoms with E-state index in [-0.39, 0.29) is 14.9 Å². The van der Waals surface area contributed by atoms with Crippen molar-refractivity contribution in [3.8, 4) is 0 Å². The van der Waals surface area contributed by atoms with Crippen LogP contribution in [0.3, 0.4) is 0 Å². The number of hydrogen-bond acceptors (Lipinski definition) is 0. The second kappa shape index (κ2) is 10.9. The summed E-state index contributed by atoms with van der Waals surface area (Å²) in [6.45, 7) is 6.78. The standard InChI is InChI=1S/C7H16.2CH4/c1-4-7(5-2)6-3;;/h7H,4-6H2,1-3H3;2*1H4. The molecule has 0 saturated carbocycles. The molecule has 0 fully saturated rings. The van der Waals surface area contributed by atoms with E-state index < -0.39 is 0 Å². The molecule has 0 heterocycles. The van der Waals surface area contributed by atoms with Gasteiger partial charge in [0.15, 0.2) is 0 Å². The lowest BCUT2D eigenvalue weighted by molar-refractivity contribution is 0.477. The van der Waals surface area contributed by atoms with E-state index in [2.05, 4.69) is 20.8 Å². The minimum absolute atomic E-state index is 0. The first-order valence-electron chi connectivity index (χ1n) is 3.35. The molecule has 0 aliphatic carbocycles. The Hall–Kier alpha value is 0. The zero-order valence-electron chi connectivity index (χ0n) is 5.70. The van der Waals surface area contributed by atoms with Crippen LogP contribution in [0.4, 0.5) is 0 Å². The molecular formula is C9H24. The topological polar surface area (TPSA) is 0 Å². The van der Waals surface area contributed by atoms with Crippen LogP contribution >= 0.6 is 0 Å². The van der Waals surface area contributed by atoms with Crippen molar-refractivity contribution < 1.29 is 0 Å². The van der Waals surface area contributed by atoms with Crippen molar-refractivity contribution in [2.75, 3.05) is 0 Å². The summed E-state index contributed by atoms with van der Waals surface area (Å²) in [5.41, 5.74) is 0. The van der Waals surface area contributed by atoms with Crippen molar-refractivity contribution in [2.24, 2.45) is 5.92 Å². The smallest absolute Gasteiger partial charge is 0.0422 e. The molecule has 0 aliphatic rings. The highest BCUT2D eigenvalue weighted by atomic mass is 14.0. The fraction of sp³-hybridized carbons (Fsp3) is 1.00. The molecule has 0 radical (unpaired) electrons. The Morgan fingerprint density at radius 3 is 1.00 bits per heavy atom. The van der Waals surface area contributed by atoms with Gasteiger partial charge in [0.05, 0.1) is 0 Å². The highest BCUT2D eigenvalue weighted by molar-refractivity contribution is 4.48. The number of rotatable bonds is 3. The Bertz CT molecular complexity index is 21.5. The first kappa shape index (κ1) is 16.0. The highest BCUT2D eigenvalue weighted by Gasteiger charge is 1.95. The molecule has 0 nitrogen and oxygen atoms in total. The van der Waals surface area contributed by atoms with Gasteiger partial charge in [0, 0.05) is 0 Å². The monoisotopic (exact) mass is 132 g/mol. The van der Waals surface area contributed by atoms with E-state index in [0.29, 0.717) is 0 Å². The van der Waals surface area contributed by atoms with Crippen LogP contribution in [0.15, 0.2) is 0 Å². The first-order valence-corrected chi connectivity index (χ1v) is 3.35. The summed E-state index contributed by atoms with van der Waals surface area (Å²) >= 11 is 0. The molecule has 0 unspecified atom stereocenters. The normalized spacial score (nSPS) is 8.00. The van der Waals surface area contributed by atoms with E-state index in [1.165, 1.54) is 19.3 Å². The summed E-state index contributed by atoms with van der Waals surface area (Å²) in [5.74, 6) is 0.986. The van der Waals surface area contributed by atoms with Crippen molar-refractivity contribution in [1.82, 2.24) is 0 Å². The molecule has 0 amide bonds. The van der Waals surface area contributed by atoms with Crippen LogP contribution in [0.25, 0.3) is 0 Å². The average molecular weight is 132 g/mol. The predicted molar refractivity (Wildman–Crippen MR) is 47.8 cm³/mol. The van der Waals surface area contributed by atoms with E-state index in [9.17, 15) is 0 Å². The molecule has 0 aromatic heterocycles. The molecule has 0 aromatic carbocycles. The van der Waals surface area contributed by atoms with Crippen molar-refractivity contribution in [1.29, 1.82) is 0 Å². The Morgan fingerprint density at radius 1 is 0.778 bits per heavy atom. The van der Waals surface area contributed by atoms with Crippen molar-refractivity contribution in [3.63, 3.8) is 0 Å². The summed E-state index contributed by atoms with van der Waals surface area (Å²) in [4.78, 5) is 0. The van der Waals surface area contributed by atoms with Crippen LogP contribution in [0.1, 0.15) is 54.9 Å². The van der Waals surface area contributed by atoms with Crippen LogP contribution in [-0.2, 0) is 0 Å². The minimum Gasteiger partial charge on any atom is -0.0776 e. The predicted octanol–water partition coefficient (Wildman–Crippen LogP) is 4.10. The molecule has 0 heteroatoms. The molecule has 0 bridgehead atoms. The Kier molecular flexibility index (Phi) is 19.4. The zero-order valence-corrected chi connectivity index (χ0v) is 5.70. The third-order valence-electron chi connectivity index (χ3n) is 1.73. The third-order valence-corrected chi connectivity index (χ3v) is 1.73. The van der Waals surface area contributed by atoms with Gasteiger partial charge in [-0.05, 0) is 5.92 Å². The van der Waals surface area contributed by atoms with Gasteiger partial charge in [-0.2, -0.15) is 0 Å². The second-order valence-corrected chi connectivity index (χ2v) is 2.09. The molecule has 0 aromatic rings. The summed E-state index contributed by atoms with van der Waals surface area (Å²) in [5, 5.41) is 0. The summed E-state index contributed by atoms with van der Waals surface area (Å²) in [7, 11) is 0. The molecular weight excluding hydrogens is 108 g/mol. The second-order valence-electron chi connectivity index (χ2n) is 2.09. The third kappa shape index (κ3) is 8.00. The maximum absolute atomic E-state index is 2.26. The maximum atomic E-state index is 2.26. The molecule has 0 aliphatic heterocycles. The van der Waals surface area contributed by atoms with Gasteiger partial charge in [0.2, 0.25) is 0 Å². The fourth-order valence-electron chi connectivity index (χ4n) is 0.866. The van der Waals surface area contributed by atoms with Crippen molar-refractivity contribution in [2.45, 2.75) is 54.9 Å². The molecule has 0 spiro atoms. The summed E-state index contributed by atoms with van der Waals surface area (Å²) in [6.07, 6.45) is 4.06. The molecule has 60 valence electrons. The van der Waals surface area contributed by atoms with Crippen LogP contribution in [0.5, 0.6) is 0 Å². The van der Waals surface area contributed by atoms with Gasteiger partial charge in [0.25, 0.3) is 0 Å². The van der Waals surface area contributed by atoms with Crippen LogP contribution < -0.4 is 0 Å². The van der Waals surface area contributed by atoms with Crippen LogP contribution in [0, 0.1) is 5.92 Å². The maximum Gasteiger partial charge on any atom is -0.0422 e. The lowest BCUT2D eigenvalue weighted by Crippen LogP contribution is -1.91. The Morgan fingerprint density at radius 2 is 1.00 bits per heavy atom. The van der Waals surface area contributed by atoms with E-state index in [1.54, 1.807) is 0 Å². The molecule has 9 heavy (non-hydrogen) atoms. The highest BCUT2D eigenvalue weighted by Crippen LogP contribution is 2.09. The van der Waals surface area contributed by atoms with Gasteiger partial charge < -0.3 is 0 Å². The lowest BCUT2D eigenvalue weighted by Gasteiger charge is -2.05. The van der Waals surface area contributed by atoms with Crippen molar-refractivity contribution >= 4 is 0 Å². The van der Waals surface area contributed by atoms with Crippen molar-refractivity contribution in [3.05, 3.63) is 0 Å². The quantitative estimate of drug-likeness (QED) is 0.542. The van der Waals surface area contributed by atoms with E-state index >= 15 is 0 Å². The summed E-state index contributed by atoms with van der Waals surface area (Å²) < 4.78 is 0. The minimum atomic E-state index is 0. The van der Waals surface area contributed by atoms with Gasteiger partial charge in [0.1, 0.15) is 0 Å². The largest absolute Gasteiger partial charge is 0.0776 e. The van der Waals surface area contributed by atoms with E-state index in [0.717, 1.165) is 5.92 Å². The number of hydrogen-bond donors (Lipinski definition) is 0. The van der Waals surface area contributed by atoms with Gasteiger partial charge in [-0.1, -0.05) is 54.9 Å². The SMILES string of the molecule is C.C.CCC(CC)CC.